The van der Waals surface area contributed by atoms with Crippen molar-refractivity contribution >= 4 is 17.3 Å². The molecule has 0 saturated carbocycles. The summed E-state index contributed by atoms with van der Waals surface area (Å²) >= 11 is 0. The van der Waals surface area contributed by atoms with Crippen molar-refractivity contribution in [3.63, 3.8) is 0 Å². The van der Waals surface area contributed by atoms with Crippen LogP contribution >= 0.6 is 0 Å². The molecule has 0 spiro atoms. The van der Waals surface area contributed by atoms with E-state index in [1.165, 1.54) is 12.1 Å². The van der Waals surface area contributed by atoms with Gasteiger partial charge in [-0.2, -0.15) is 0 Å². The summed E-state index contributed by atoms with van der Waals surface area (Å²) in [5, 5.41) is 5.85. The van der Waals surface area contributed by atoms with Crippen LogP contribution in [0.1, 0.15) is 23.3 Å². The van der Waals surface area contributed by atoms with Gasteiger partial charge in [0.15, 0.2) is 0 Å². The molecule has 1 aliphatic heterocycles. The topological polar surface area (TPSA) is 63.2 Å². The fourth-order valence-corrected chi connectivity index (χ4v) is 2.44. The number of carbonyl (C=O) groups excluding carboxylic acids is 1. The highest BCUT2D eigenvalue weighted by molar-refractivity contribution is 5.92. The molecule has 1 aromatic carbocycles. The van der Waals surface area contributed by atoms with Gasteiger partial charge in [0.25, 0.3) is 5.91 Å². The smallest absolute Gasteiger partial charge is 0.269 e. The standard InChI is InChI=1S/C17H18FN3O2/c18-12-3-1-4-13(9-12)21-14-6-7-16(19-10-14)17(22)20-11-15-5-2-8-23-15/h1,3-4,6-7,9-10,15,21H,2,5,8,11H2,(H,20,22). The molecule has 6 heteroatoms. The van der Waals surface area contributed by atoms with Gasteiger partial charge in [0.1, 0.15) is 11.5 Å². The van der Waals surface area contributed by atoms with Gasteiger partial charge in [-0.3, -0.25) is 4.79 Å². The van der Waals surface area contributed by atoms with Crippen molar-refractivity contribution in [2.45, 2.75) is 18.9 Å². The van der Waals surface area contributed by atoms with E-state index in [2.05, 4.69) is 15.6 Å². The van der Waals surface area contributed by atoms with Gasteiger partial charge in [-0.15, -0.1) is 0 Å². The average Bonchev–Trinajstić information content (AvgIpc) is 3.07. The number of halogens is 1. The molecule has 23 heavy (non-hydrogen) atoms. The highest BCUT2D eigenvalue weighted by Gasteiger charge is 2.17. The van der Waals surface area contributed by atoms with E-state index >= 15 is 0 Å². The van der Waals surface area contributed by atoms with Crippen LogP contribution in [0.4, 0.5) is 15.8 Å². The average molecular weight is 315 g/mol. The number of ether oxygens (including phenoxy) is 1. The molecule has 2 heterocycles. The molecule has 1 atom stereocenters. The Morgan fingerprint density at radius 1 is 1.30 bits per heavy atom. The number of pyridine rings is 1. The lowest BCUT2D eigenvalue weighted by Crippen LogP contribution is -2.32. The second-order valence-electron chi connectivity index (χ2n) is 5.41. The molecule has 120 valence electrons. The first-order valence-electron chi connectivity index (χ1n) is 7.59. The van der Waals surface area contributed by atoms with E-state index in [9.17, 15) is 9.18 Å². The van der Waals surface area contributed by atoms with Gasteiger partial charge in [0.05, 0.1) is 18.0 Å². The van der Waals surface area contributed by atoms with E-state index < -0.39 is 0 Å². The maximum Gasteiger partial charge on any atom is 0.269 e. The summed E-state index contributed by atoms with van der Waals surface area (Å²) in [5.41, 5.74) is 1.65. The van der Waals surface area contributed by atoms with Crippen LogP contribution in [0.5, 0.6) is 0 Å². The van der Waals surface area contributed by atoms with Gasteiger partial charge in [-0.05, 0) is 43.2 Å². The van der Waals surface area contributed by atoms with Crippen molar-refractivity contribution in [1.29, 1.82) is 0 Å². The predicted octanol–water partition coefficient (Wildman–Crippen LogP) is 2.87. The van der Waals surface area contributed by atoms with Gasteiger partial charge in [0, 0.05) is 18.8 Å². The zero-order chi connectivity index (χ0) is 16.1. The molecule has 0 aliphatic carbocycles. The van der Waals surface area contributed by atoms with E-state index in [-0.39, 0.29) is 17.8 Å². The largest absolute Gasteiger partial charge is 0.376 e. The van der Waals surface area contributed by atoms with Crippen LogP contribution in [0, 0.1) is 5.82 Å². The van der Waals surface area contributed by atoms with Gasteiger partial charge >= 0.3 is 0 Å². The molecule has 2 N–H and O–H groups in total. The number of benzene rings is 1. The summed E-state index contributed by atoms with van der Waals surface area (Å²) in [4.78, 5) is 16.1. The van der Waals surface area contributed by atoms with E-state index in [0.717, 1.165) is 19.4 Å². The Morgan fingerprint density at radius 3 is 2.91 bits per heavy atom. The van der Waals surface area contributed by atoms with Crippen LogP contribution in [0.2, 0.25) is 0 Å². The zero-order valence-electron chi connectivity index (χ0n) is 12.6. The number of nitrogens with zero attached hydrogens (tertiary/aromatic N) is 1. The molecule has 5 nitrogen and oxygen atoms in total. The molecule has 1 fully saturated rings. The lowest BCUT2D eigenvalue weighted by molar-refractivity contribution is 0.0854. The fourth-order valence-electron chi connectivity index (χ4n) is 2.44. The minimum Gasteiger partial charge on any atom is -0.376 e. The molecule has 3 rings (SSSR count). The van der Waals surface area contributed by atoms with E-state index in [0.29, 0.717) is 23.6 Å². The molecular formula is C17H18FN3O2. The number of rotatable bonds is 5. The number of hydrogen-bond donors (Lipinski definition) is 2. The van der Waals surface area contributed by atoms with Crippen LogP contribution in [-0.2, 0) is 4.74 Å². The number of amides is 1. The molecule has 1 saturated heterocycles. The summed E-state index contributed by atoms with van der Waals surface area (Å²) in [6.45, 7) is 1.27. The van der Waals surface area contributed by atoms with E-state index in [1.54, 1.807) is 30.5 Å². The minimum absolute atomic E-state index is 0.105. The van der Waals surface area contributed by atoms with E-state index in [4.69, 9.17) is 4.74 Å². The van der Waals surface area contributed by atoms with Crippen LogP contribution in [-0.4, -0.2) is 30.1 Å². The second-order valence-corrected chi connectivity index (χ2v) is 5.41. The molecule has 0 bridgehead atoms. The summed E-state index contributed by atoms with van der Waals surface area (Å²) in [7, 11) is 0. The molecule has 1 amide bonds. The summed E-state index contributed by atoms with van der Waals surface area (Å²) in [6.07, 6.45) is 3.67. The first-order valence-corrected chi connectivity index (χ1v) is 7.59. The Morgan fingerprint density at radius 2 is 2.22 bits per heavy atom. The SMILES string of the molecule is O=C(NCC1CCCO1)c1ccc(Nc2cccc(F)c2)cn1. The number of aromatic nitrogens is 1. The van der Waals surface area contributed by atoms with Crippen molar-refractivity contribution < 1.29 is 13.9 Å². The highest BCUT2D eigenvalue weighted by atomic mass is 19.1. The Balaban J connectivity index is 1.56. The predicted molar refractivity (Wildman–Crippen MR) is 85.2 cm³/mol. The van der Waals surface area contributed by atoms with Crippen molar-refractivity contribution in [3.05, 3.63) is 54.1 Å². The van der Waals surface area contributed by atoms with Crippen molar-refractivity contribution in [2.24, 2.45) is 0 Å². The Bertz CT molecular complexity index is 670. The summed E-state index contributed by atoms with van der Waals surface area (Å²) in [6, 6.07) is 9.52. The Kier molecular flexibility index (Phi) is 4.83. The van der Waals surface area contributed by atoms with Crippen LogP contribution in [0.3, 0.4) is 0 Å². The lowest BCUT2D eigenvalue weighted by atomic mass is 10.2. The number of nitrogens with one attached hydrogen (secondary N) is 2. The second kappa shape index (κ2) is 7.19. The monoisotopic (exact) mass is 315 g/mol. The minimum atomic E-state index is -0.312. The summed E-state index contributed by atoms with van der Waals surface area (Å²) in [5.74, 6) is -0.536. The highest BCUT2D eigenvalue weighted by Crippen LogP contribution is 2.16. The van der Waals surface area contributed by atoms with Gasteiger partial charge in [-0.25, -0.2) is 9.37 Å². The number of carbonyl (C=O) groups is 1. The van der Waals surface area contributed by atoms with Crippen molar-refractivity contribution in [2.75, 3.05) is 18.5 Å². The number of hydrogen-bond acceptors (Lipinski definition) is 4. The van der Waals surface area contributed by atoms with Crippen molar-refractivity contribution in [1.82, 2.24) is 10.3 Å². The van der Waals surface area contributed by atoms with E-state index in [1.807, 2.05) is 0 Å². The summed E-state index contributed by atoms with van der Waals surface area (Å²) < 4.78 is 18.6. The first kappa shape index (κ1) is 15.4. The zero-order valence-corrected chi connectivity index (χ0v) is 12.6. The molecule has 2 aromatic rings. The Hall–Kier alpha value is -2.47. The molecule has 1 aromatic heterocycles. The quantitative estimate of drug-likeness (QED) is 0.890. The lowest BCUT2D eigenvalue weighted by Gasteiger charge is -2.11. The third-order valence-electron chi connectivity index (χ3n) is 3.62. The third kappa shape index (κ3) is 4.26. The maximum absolute atomic E-state index is 13.1. The third-order valence-corrected chi connectivity index (χ3v) is 3.62. The van der Waals surface area contributed by atoms with Crippen LogP contribution in [0.25, 0.3) is 0 Å². The maximum atomic E-state index is 13.1. The van der Waals surface area contributed by atoms with Gasteiger partial charge in [-0.1, -0.05) is 6.07 Å². The van der Waals surface area contributed by atoms with Crippen LogP contribution in [0.15, 0.2) is 42.6 Å². The van der Waals surface area contributed by atoms with Crippen molar-refractivity contribution in [3.8, 4) is 0 Å². The molecule has 1 unspecified atom stereocenters. The molecular weight excluding hydrogens is 297 g/mol. The van der Waals surface area contributed by atoms with Gasteiger partial charge < -0.3 is 15.4 Å². The van der Waals surface area contributed by atoms with Gasteiger partial charge in [0.2, 0.25) is 0 Å². The molecule has 1 aliphatic rings. The normalized spacial score (nSPS) is 17.0. The Labute approximate surface area is 133 Å². The van der Waals surface area contributed by atoms with Crippen LogP contribution < -0.4 is 10.6 Å². The molecule has 0 radical (unpaired) electrons. The first-order chi connectivity index (χ1) is 11.2. The number of anilines is 2. The fraction of sp³-hybridized carbons (Fsp3) is 0.294.